The van der Waals surface area contributed by atoms with E-state index in [-0.39, 0.29) is 11.7 Å². The van der Waals surface area contributed by atoms with E-state index in [0.717, 1.165) is 48.1 Å². The molecule has 5 heteroatoms. The number of halogens is 1. The van der Waals surface area contributed by atoms with Crippen LogP contribution in [0.25, 0.3) is 22.0 Å². The predicted octanol–water partition coefficient (Wildman–Crippen LogP) is 4.32. The molecule has 0 atom stereocenters. The molecule has 132 valence electrons. The zero-order valence-corrected chi connectivity index (χ0v) is 14.6. The molecule has 1 fully saturated rings. The SMILES string of the molecule is CNc1ccnc2cc(-c3ccc(C(=O)N4CCCC4)cc3F)ccc12. The molecular weight excluding hydrogens is 329 g/mol. The van der Waals surface area contributed by atoms with Gasteiger partial charge in [0, 0.05) is 48.5 Å². The van der Waals surface area contributed by atoms with Crippen molar-refractivity contribution in [3.63, 3.8) is 0 Å². The highest BCUT2D eigenvalue weighted by Crippen LogP contribution is 2.29. The highest BCUT2D eigenvalue weighted by atomic mass is 19.1. The van der Waals surface area contributed by atoms with Gasteiger partial charge in [0.1, 0.15) is 5.82 Å². The summed E-state index contributed by atoms with van der Waals surface area (Å²) in [4.78, 5) is 18.6. The third-order valence-corrected chi connectivity index (χ3v) is 4.93. The van der Waals surface area contributed by atoms with Crippen LogP contribution in [0.2, 0.25) is 0 Å². The molecule has 1 amide bonds. The lowest BCUT2D eigenvalue weighted by atomic mass is 10.0. The first-order chi connectivity index (χ1) is 12.7. The van der Waals surface area contributed by atoms with Gasteiger partial charge in [0.05, 0.1) is 5.52 Å². The summed E-state index contributed by atoms with van der Waals surface area (Å²) < 4.78 is 14.7. The number of likely N-dealkylation sites (tertiary alicyclic amines) is 1. The molecular formula is C21H20FN3O. The van der Waals surface area contributed by atoms with Crippen molar-refractivity contribution in [1.82, 2.24) is 9.88 Å². The van der Waals surface area contributed by atoms with Crippen molar-refractivity contribution in [2.24, 2.45) is 0 Å². The van der Waals surface area contributed by atoms with E-state index in [9.17, 15) is 9.18 Å². The van der Waals surface area contributed by atoms with E-state index in [4.69, 9.17) is 0 Å². The first-order valence-electron chi connectivity index (χ1n) is 8.83. The number of nitrogens with zero attached hydrogens (tertiary/aromatic N) is 2. The van der Waals surface area contributed by atoms with Crippen LogP contribution < -0.4 is 5.32 Å². The van der Waals surface area contributed by atoms with Crippen LogP contribution in [0.1, 0.15) is 23.2 Å². The standard InChI is InChI=1S/C21H20FN3O/c1-23-19-8-9-24-20-13-14(4-7-17(19)20)16-6-5-15(12-18(16)22)21(26)25-10-2-3-11-25/h4-9,12-13H,2-3,10-11H2,1H3,(H,23,24). The zero-order valence-electron chi connectivity index (χ0n) is 14.6. The van der Waals surface area contributed by atoms with Crippen molar-refractivity contribution in [1.29, 1.82) is 0 Å². The molecule has 0 unspecified atom stereocenters. The van der Waals surface area contributed by atoms with Crippen molar-refractivity contribution in [2.75, 3.05) is 25.5 Å². The number of carbonyl (C=O) groups is 1. The van der Waals surface area contributed by atoms with E-state index in [0.29, 0.717) is 11.1 Å². The van der Waals surface area contributed by atoms with Gasteiger partial charge in [0.2, 0.25) is 0 Å². The summed E-state index contributed by atoms with van der Waals surface area (Å²) in [6.07, 6.45) is 3.77. The molecule has 4 rings (SSSR count). The number of carbonyl (C=O) groups excluding carboxylic acids is 1. The fourth-order valence-electron chi connectivity index (χ4n) is 3.52. The van der Waals surface area contributed by atoms with Gasteiger partial charge >= 0.3 is 0 Å². The second-order valence-electron chi connectivity index (χ2n) is 6.53. The second-order valence-corrected chi connectivity index (χ2v) is 6.53. The molecule has 0 bridgehead atoms. The van der Waals surface area contributed by atoms with Crippen molar-refractivity contribution in [3.05, 3.63) is 60.0 Å². The molecule has 4 nitrogen and oxygen atoms in total. The Balaban J connectivity index is 1.69. The lowest BCUT2D eigenvalue weighted by Crippen LogP contribution is -2.27. The van der Waals surface area contributed by atoms with Gasteiger partial charge in [-0.15, -0.1) is 0 Å². The molecule has 1 aromatic heterocycles. The smallest absolute Gasteiger partial charge is 0.253 e. The first kappa shape index (κ1) is 16.5. The minimum absolute atomic E-state index is 0.0909. The Morgan fingerprint density at radius 1 is 1.12 bits per heavy atom. The summed E-state index contributed by atoms with van der Waals surface area (Å²) >= 11 is 0. The maximum Gasteiger partial charge on any atom is 0.253 e. The number of hydrogen-bond donors (Lipinski definition) is 1. The molecule has 2 heterocycles. The lowest BCUT2D eigenvalue weighted by molar-refractivity contribution is 0.0792. The third kappa shape index (κ3) is 2.90. The Kier molecular flexibility index (Phi) is 4.29. The average molecular weight is 349 g/mol. The molecule has 2 aromatic carbocycles. The number of aromatic nitrogens is 1. The second kappa shape index (κ2) is 6.75. The van der Waals surface area contributed by atoms with Crippen LogP contribution in [0.15, 0.2) is 48.7 Å². The molecule has 1 saturated heterocycles. The molecule has 0 saturated carbocycles. The summed E-state index contributed by atoms with van der Waals surface area (Å²) in [5.74, 6) is -0.481. The van der Waals surface area contributed by atoms with Crippen LogP contribution in [0.3, 0.4) is 0 Å². The van der Waals surface area contributed by atoms with Crippen LogP contribution in [0.5, 0.6) is 0 Å². The normalized spacial score (nSPS) is 14.0. The summed E-state index contributed by atoms with van der Waals surface area (Å²) in [5.41, 5.74) is 3.40. The minimum atomic E-state index is -0.390. The van der Waals surface area contributed by atoms with Gasteiger partial charge < -0.3 is 10.2 Å². The van der Waals surface area contributed by atoms with Gasteiger partial charge in [-0.2, -0.15) is 0 Å². The number of pyridine rings is 1. The van der Waals surface area contributed by atoms with E-state index >= 15 is 0 Å². The Hall–Kier alpha value is -2.95. The van der Waals surface area contributed by atoms with E-state index in [1.165, 1.54) is 6.07 Å². The Morgan fingerprint density at radius 3 is 2.65 bits per heavy atom. The van der Waals surface area contributed by atoms with Crippen LogP contribution in [-0.2, 0) is 0 Å². The van der Waals surface area contributed by atoms with Crippen LogP contribution in [0, 0.1) is 5.82 Å². The van der Waals surface area contributed by atoms with E-state index in [2.05, 4.69) is 10.3 Å². The fraction of sp³-hybridized carbons (Fsp3) is 0.238. The van der Waals surface area contributed by atoms with Crippen molar-refractivity contribution < 1.29 is 9.18 Å². The third-order valence-electron chi connectivity index (χ3n) is 4.93. The molecule has 3 aromatic rings. The van der Waals surface area contributed by atoms with Gasteiger partial charge in [-0.1, -0.05) is 18.2 Å². The number of anilines is 1. The van der Waals surface area contributed by atoms with E-state index < -0.39 is 0 Å². The van der Waals surface area contributed by atoms with Crippen molar-refractivity contribution in [3.8, 4) is 11.1 Å². The minimum Gasteiger partial charge on any atom is -0.388 e. The molecule has 0 radical (unpaired) electrons. The number of nitrogens with one attached hydrogen (secondary N) is 1. The summed E-state index contributed by atoms with van der Waals surface area (Å²) in [5, 5.41) is 4.12. The topological polar surface area (TPSA) is 45.2 Å². The molecule has 1 N–H and O–H groups in total. The number of fused-ring (bicyclic) bond motifs is 1. The molecule has 1 aliphatic rings. The largest absolute Gasteiger partial charge is 0.388 e. The number of benzene rings is 2. The van der Waals surface area contributed by atoms with Crippen LogP contribution >= 0.6 is 0 Å². The van der Waals surface area contributed by atoms with E-state index in [1.54, 1.807) is 23.2 Å². The number of rotatable bonds is 3. The maximum absolute atomic E-state index is 14.7. The monoisotopic (exact) mass is 349 g/mol. The molecule has 1 aliphatic heterocycles. The van der Waals surface area contributed by atoms with Gasteiger partial charge in [-0.25, -0.2) is 4.39 Å². The van der Waals surface area contributed by atoms with Gasteiger partial charge in [-0.3, -0.25) is 9.78 Å². The Bertz CT molecular complexity index is 980. The van der Waals surface area contributed by atoms with Crippen LogP contribution in [0.4, 0.5) is 10.1 Å². The van der Waals surface area contributed by atoms with Crippen molar-refractivity contribution in [2.45, 2.75) is 12.8 Å². The average Bonchev–Trinajstić information content (AvgIpc) is 3.21. The lowest BCUT2D eigenvalue weighted by Gasteiger charge is -2.15. The van der Waals surface area contributed by atoms with Gasteiger partial charge in [-0.05, 0) is 42.7 Å². The molecule has 0 spiro atoms. The highest BCUT2D eigenvalue weighted by Gasteiger charge is 2.20. The van der Waals surface area contributed by atoms with Crippen LogP contribution in [-0.4, -0.2) is 35.9 Å². The molecule has 0 aliphatic carbocycles. The number of amides is 1. The van der Waals surface area contributed by atoms with E-state index in [1.807, 2.05) is 31.3 Å². The van der Waals surface area contributed by atoms with Crippen molar-refractivity contribution >= 4 is 22.5 Å². The Labute approximate surface area is 151 Å². The Morgan fingerprint density at radius 2 is 1.92 bits per heavy atom. The number of hydrogen-bond acceptors (Lipinski definition) is 3. The van der Waals surface area contributed by atoms with Gasteiger partial charge in [0.25, 0.3) is 5.91 Å². The zero-order chi connectivity index (χ0) is 18.1. The maximum atomic E-state index is 14.7. The van der Waals surface area contributed by atoms with Gasteiger partial charge in [0.15, 0.2) is 0 Å². The quantitative estimate of drug-likeness (QED) is 0.766. The summed E-state index contributed by atoms with van der Waals surface area (Å²) in [6, 6.07) is 12.3. The molecule has 26 heavy (non-hydrogen) atoms. The fourth-order valence-corrected chi connectivity index (χ4v) is 3.52. The highest BCUT2D eigenvalue weighted by molar-refractivity contribution is 5.96. The summed E-state index contributed by atoms with van der Waals surface area (Å²) in [7, 11) is 1.86. The predicted molar refractivity (Wildman–Crippen MR) is 102 cm³/mol. The first-order valence-corrected chi connectivity index (χ1v) is 8.83. The summed E-state index contributed by atoms with van der Waals surface area (Å²) in [6.45, 7) is 1.51.